The normalized spacial score (nSPS) is 11.7. The Morgan fingerprint density at radius 3 is 1.91 bits per heavy atom. The third kappa shape index (κ3) is 5.43. The van der Waals surface area contributed by atoms with Gasteiger partial charge in [-0.05, 0) is 61.4 Å². The fourth-order valence-electron chi connectivity index (χ4n) is 3.28. The van der Waals surface area contributed by atoms with E-state index in [0.717, 1.165) is 39.8 Å². The Kier molecular flexibility index (Phi) is 7.80. The summed E-state index contributed by atoms with van der Waals surface area (Å²) >= 11 is 0. The van der Waals surface area contributed by atoms with Crippen molar-refractivity contribution in [1.82, 2.24) is 4.57 Å². The van der Waals surface area contributed by atoms with E-state index >= 15 is 0 Å². The predicted octanol–water partition coefficient (Wildman–Crippen LogP) is 4.09. The number of nitrogens with zero attached hydrogens (tertiary/aromatic N) is 7. The van der Waals surface area contributed by atoms with Gasteiger partial charge < -0.3 is 15.1 Å². The number of aliphatic hydroxyl groups is 2. The number of aryl methyl sites for hydroxylation is 2. The average molecular weight is 437 g/mol. The first-order valence-corrected chi connectivity index (χ1v) is 10.5. The lowest BCUT2D eigenvalue weighted by Crippen LogP contribution is -2.29. The highest BCUT2D eigenvalue weighted by atomic mass is 16.3. The van der Waals surface area contributed by atoms with Crippen LogP contribution in [0.15, 0.2) is 69.2 Å². The van der Waals surface area contributed by atoms with Crippen LogP contribution in [0.1, 0.15) is 11.1 Å². The summed E-state index contributed by atoms with van der Waals surface area (Å²) in [7, 11) is 3.86. The van der Waals surface area contributed by atoms with Crippen LogP contribution in [0.3, 0.4) is 0 Å². The first-order valence-electron chi connectivity index (χ1n) is 10.5. The fourth-order valence-corrected chi connectivity index (χ4v) is 3.28. The Morgan fingerprint density at radius 1 is 0.844 bits per heavy atom. The predicted molar refractivity (Wildman–Crippen MR) is 124 cm³/mol. The minimum Gasteiger partial charge on any atom is -0.395 e. The van der Waals surface area contributed by atoms with Gasteiger partial charge in [0.05, 0.1) is 51.1 Å². The van der Waals surface area contributed by atoms with Crippen molar-refractivity contribution >= 4 is 28.7 Å². The largest absolute Gasteiger partial charge is 0.421 e. The van der Waals surface area contributed by atoms with Gasteiger partial charge in [-0.1, -0.05) is 5.11 Å². The molecule has 0 saturated heterocycles. The minimum atomic E-state index is 0.0271. The summed E-state index contributed by atoms with van der Waals surface area (Å²) in [5, 5.41) is 35.9. The Labute approximate surface area is 188 Å². The fraction of sp³-hybridized carbons (Fsp3) is 0.348. The number of azo groups is 2. The smallest absolute Gasteiger partial charge is 0.395 e. The van der Waals surface area contributed by atoms with E-state index in [1.807, 2.05) is 90.8 Å². The molecule has 9 heteroatoms. The molecule has 0 atom stereocenters. The van der Waals surface area contributed by atoms with Crippen molar-refractivity contribution in [2.75, 3.05) is 31.2 Å². The summed E-state index contributed by atoms with van der Waals surface area (Å²) < 4.78 is 3.82. The van der Waals surface area contributed by atoms with Crippen LogP contribution in [0.5, 0.6) is 0 Å². The van der Waals surface area contributed by atoms with Crippen LogP contribution in [0.2, 0.25) is 0 Å². The van der Waals surface area contributed by atoms with Crippen molar-refractivity contribution in [1.29, 1.82) is 0 Å². The van der Waals surface area contributed by atoms with Gasteiger partial charge >= 0.3 is 5.95 Å². The van der Waals surface area contributed by atoms with Gasteiger partial charge in [0.2, 0.25) is 0 Å². The van der Waals surface area contributed by atoms with Crippen LogP contribution in [-0.4, -0.2) is 41.1 Å². The number of imidazole rings is 1. The monoisotopic (exact) mass is 436 g/mol. The van der Waals surface area contributed by atoms with Crippen molar-refractivity contribution in [2.45, 2.75) is 13.8 Å². The zero-order valence-corrected chi connectivity index (χ0v) is 19.0. The number of aromatic nitrogens is 2. The van der Waals surface area contributed by atoms with Crippen LogP contribution in [-0.2, 0) is 14.1 Å². The number of benzene rings is 2. The van der Waals surface area contributed by atoms with Gasteiger partial charge in [0.15, 0.2) is 0 Å². The lowest BCUT2D eigenvalue weighted by atomic mass is 10.1. The lowest BCUT2D eigenvalue weighted by Gasteiger charge is -2.22. The molecule has 32 heavy (non-hydrogen) atoms. The molecule has 0 aliphatic rings. The van der Waals surface area contributed by atoms with Crippen LogP contribution < -0.4 is 9.47 Å². The number of hydrogen-bond donors (Lipinski definition) is 2. The summed E-state index contributed by atoms with van der Waals surface area (Å²) in [5.74, 6) is 0.755. The topological polar surface area (TPSA) is 102 Å². The number of rotatable bonds is 9. The van der Waals surface area contributed by atoms with Gasteiger partial charge in [0.1, 0.15) is 5.69 Å². The summed E-state index contributed by atoms with van der Waals surface area (Å²) in [6.45, 7) is 4.98. The van der Waals surface area contributed by atoms with E-state index in [1.54, 1.807) is 0 Å². The van der Waals surface area contributed by atoms with Crippen molar-refractivity contribution < 1.29 is 14.8 Å². The molecule has 0 fully saturated rings. The highest BCUT2D eigenvalue weighted by molar-refractivity contribution is 5.60. The molecule has 0 aliphatic carbocycles. The molecular formula is C23H30N7O2+. The van der Waals surface area contributed by atoms with Gasteiger partial charge in [0, 0.05) is 23.9 Å². The molecule has 9 nitrogen and oxygen atoms in total. The van der Waals surface area contributed by atoms with Crippen LogP contribution in [0, 0.1) is 13.8 Å². The van der Waals surface area contributed by atoms with Crippen molar-refractivity contribution in [2.24, 2.45) is 34.6 Å². The third-order valence-electron chi connectivity index (χ3n) is 5.35. The molecule has 0 radical (unpaired) electrons. The summed E-state index contributed by atoms with van der Waals surface area (Å²) in [6, 6.07) is 11.3. The molecule has 3 aromatic rings. The molecule has 0 bridgehead atoms. The lowest BCUT2D eigenvalue weighted by molar-refractivity contribution is -0.657. The van der Waals surface area contributed by atoms with E-state index in [0.29, 0.717) is 13.1 Å². The molecule has 3 rings (SSSR count). The first kappa shape index (κ1) is 23.2. The molecule has 1 aromatic heterocycles. The zero-order chi connectivity index (χ0) is 23.1. The second-order valence-electron chi connectivity index (χ2n) is 7.52. The Bertz CT molecular complexity index is 1080. The van der Waals surface area contributed by atoms with Gasteiger partial charge in [-0.15, -0.1) is 0 Å². The van der Waals surface area contributed by atoms with Crippen molar-refractivity contribution in [3.8, 4) is 0 Å². The van der Waals surface area contributed by atoms with Crippen molar-refractivity contribution in [3.05, 3.63) is 59.9 Å². The van der Waals surface area contributed by atoms with E-state index in [2.05, 4.69) is 20.5 Å². The summed E-state index contributed by atoms with van der Waals surface area (Å²) in [4.78, 5) is 1.91. The van der Waals surface area contributed by atoms with Crippen LogP contribution >= 0.6 is 0 Å². The molecular weight excluding hydrogens is 406 g/mol. The van der Waals surface area contributed by atoms with Gasteiger partial charge in [-0.25, -0.2) is 9.13 Å². The summed E-state index contributed by atoms with van der Waals surface area (Å²) in [6.07, 6.45) is 3.86. The number of anilines is 1. The van der Waals surface area contributed by atoms with Gasteiger partial charge in [-0.2, -0.15) is 10.2 Å². The van der Waals surface area contributed by atoms with E-state index in [4.69, 9.17) is 0 Å². The van der Waals surface area contributed by atoms with E-state index in [9.17, 15) is 10.2 Å². The van der Waals surface area contributed by atoms with E-state index < -0.39 is 0 Å². The van der Waals surface area contributed by atoms with E-state index in [-0.39, 0.29) is 13.2 Å². The van der Waals surface area contributed by atoms with Crippen molar-refractivity contribution in [3.63, 3.8) is 0 Å². The highest BCUT2D eigenvalue weighted by Gasteiger charge is 2.12. The zero-order valence-electron chi connectivity index (χ0n) is 19.0. The Morgan fingerprint density at radius 2 is 1.41 bits per heavy atom. The molecule has 0 spiro atoms. The molecule has 168 valence electrons. The minimum absolute atomic E-state index is 0.0271. The van der Waals surface area contributed by atoms with Crippen LogP contribution in [0.4, 0.5) is 28.7 Å². The van der Waals surface area contributed by atoms with Crippen LogP contribution in [0.25, 0.3) is 0 Å². The number of aliphatic hydroxyl groups excluding tert-OH is 2. The molecule has 0 amide bonds. The number of hydrogen-bond acceptors (Lipinski definition) is 7. The maximum atomic E-state index is 9.19. The standard InChI is InChI=1S/C23H30N7O2/c1-17-18(2)22(26-27-23-28(3)11-12-29(23)4)10-9-21(17)25-24-19-5-7-20(8-6-19)30(13-15-31)14-16-32/h5-12,31-32H,13-16H2,1-4H3/q+1. The van der Waals surface area contributed by atoms with Gasteiger partial charge in [0.25, 0.3) is 0 Å². The second-order valence-corrected chi connectivity index (χ2v) is 7.52. The Balaban J connectivity index is 1.76. The SMILES string of the molecule is Cc1c(N=Nc2ccc(N(CCO)CCO)cc2)ccc(N=Nc2n(C)cc[n+]2C)c1C. The quantitative estimate of drug-likeness (QED) is 0.390. The molecule has 1 heterocycles. The average Bonchev–Trinajstić information content (AvgIpc) is 3.11. The maximum Gasteiger partial charge on any atom is 0.421 e. The first-order chi connectivity index (χ1) is 15.4. The maximum absolute atomic E-state index is 9.19. The molecule has 2 N–H and O–H groups in total. The highest BCUT2D eigenvalue weighted by Crippen LogP contribution is 2.31. The molecule has 0 unspecified atom stereocenters. The van der Waals surface area contributed by atoms with Gasteiger partial charge in [-0.3, -0.25) is 0 Å². The summed E-state index contributed by atoms with van der Waals surface area (Å²) in [5.41, 5.74) is 5.20. The van der Waals surface area contributed by atoms with E-state index in [1.165, 1.54) is 0 Å². The second kappa shape index (κ2) is 10.7. The molecule has 0 aliphatic heterocycles. The molecule has 0 saturated carbocycles. The molecule has 2 aromatic carbocycles. The Hall–Kier alpha value is -3.43. The third-order valence-corrected chi connectivity index (χ3v) is 5.35.